The van der Waals surface area contributed by atoms with Gasteiger partial charge < -0.3 is 14.4 Å². The topological polar surface area (TPSA) is 38.8 Å². The average molecular weight is 419 g/mol. The predicted molar refractivity (Wildman–Crippen MR) is 108 cm³/mol. The van der Waals surface area contributed by atoms with Gasteiger partial charge in [-0.15, -0.1) is 0 Å². The fraction of sp³-hybridized carbons (Fsp3) is 0.348. The minimum Gasteiger partial charge on any atom is -0.489 e. The van der Waals surface area contributed by atoms with Gasteiger partial charge in [0.05, 0.1) is 17.8 Å². The third kappa shape index (κ3) is 6.10. The molecule has 2 aromatic rings. The van der Waals surface area contributed by atoms with E-state index in [1.807, 2.05) is 19.9 Å². The van der Waals surface area contributed by atoms with Gasteiger partial charge in [-0.1, -0.05) is 24.3 Å². The first kappa shape index (κ1) is 21.9. The lowest BCUT2D eigenvalue weighted by Crippen LogP contribution is -2.47. The molecule has 1 saturated heterocycles. The van der Waals surface area contributed by atoms with Crippen LogP contribution in [0.1, 0.15) is 30.5 Å². The van der Waals surface area contributed by atoms with Gasteiger partial charge in [-0.3, -0.25) is 4.79 Å². The summed E-state index contributed by atoms with van der Waals surface area (Å²) < 4.78 is 49.2. The van der Waals surface area contributed by atoms with Crippen LogP contribution in [-0.2, 0) is 22.3 Å². The maximum atomic E-state index is 12.6. The van der Waals surface area contributed by atoms with E-state index in [2.05, 4.69) is 0 Å². The monoisotopic (exact) mass is 419 g/mol. The lowest BCUT2D eigenvalue weighted by atomic mass is 10.1. The number of carbonyl (C=O) groups excluding carboxylic acids is 1. The third-order valence-corrected chi connectivity index (χ3v) is 4.69. The fourth-order valence-electron chi connectivity index (χ4n) is 3.30. The molecule has 1 fully saturated rings. The number of alkyl halides is 3. The molecule has 1 aliphatic heterocycles. The SMILES string of the molecule is CC1CN(C(=O)/C=C/c2cccc(OCc3ccc(C(F)(F)F)cc3)c2)CC(C)O1. The molecular formula is C23H24F3NO3. The van der Waals surface area contributed by atoms with Crippen molar-refractivity contribution in [3.05, 3.63) is 71.3 Å². The first-order chi connectivity index (χ1) is 14.2. The third-order valence-electron chi connectivity index (χ3n) is 4.69. The molecule has 0 saturated carbocycles. The second-order valence-electron chi connectivity index (χ2n) is 7.39. The molecule has 0 aromatic heterocycles. The summed E-state index contributed by atoms with van der Waals surface area (Å²) in [4.78, 5) is 14.2. The van der Waals surface area contributed by atoms with Crippen molar-refractivity contribution < 1.29 is 27.4 Å². The van der Waals surface area contributed by atoms with E-state index in [1.54, 1.807) is 29.2 Å². The Morgan fingerprint density at radius 1 is 1.13 bits per heavy atom. The van der Waals surface area contributed by atoms with Crippen LogP contribution < -0.4 is 4.74 Å². The van der Waals surface area contributed by atoms with Crippen molar-refractivity contribution in [2.75, 3.05) is 13.1 Å². The number of halogens is 3. The van der Waals surface area contributed by atoms with E-state index in [0.29, 0.717) is 24.4 Å². The molecule has 1 aliphatic rings. The van der Waals surface area contributed by atoms with Crippen LogP contribution in [0.4, 0.5) is 13.2 Å². The minimum atomic E-state index is -4.35. The molecule has 2 unspecified atom stereocenters. The highest BCUT2D eigenvalue weighted by atomic mass is 19.4. The summed E-state index contributed by atoms with van der Waals surface area (Å²) in [7, 11) is 0. The van der Waals surface area contributed by atoms with Gasteiger partial charge in [0.2, 0.25) is 5.91 Å². The maximum absolute atomic E-state index is 12.6. The zero-order valence-electron chi connectivity index (χ0n) is 16.9. The Hall–Kier alpha value is -2.80. The van der Waals surface area contributed by atoms with Crippen LogP contribution in [0.15, 0.2) is 54.6 Å². The lowest BCUT2D eigenvalue weighted by Gasteiger charge is -2.34. The molecule has 7 heteroatoms. The molecule has 1 heterocycles. The molecular weight excluding hydrogens is 395 g/mol. The number of morpholine rings is 1. The van der Waals surface area contributed by atoms with Crippen LogP contribution in [0.25, 0.3) is 6.08 Å². The van der Waals surface area contributed by atoms with E-state index >= 15 is 0 Å². The maximum Gasteiger partial charge on any atom is 0.416 e. The van der Waals surface area contributed by atoms with Gasteiger partial charge in [-0.2, -0.15) is 13.2 Å². The van der Waals surface area contributed by atoms with Gasteiger partial charge in [-0.05, 0) is 55.3 Å². The molecule has 2 aromatic carbocycles. The number of amides is 1. The first-order valence-electron chi connectivity index (χ1n) is 9.72. The van der Waals surface area contributed by atoms with Crippen molar-refractivity contribution in [2.24, 2.45) is 0 Å². The molecule has 4 nitrogen and oxygen atoms in total. The van der Waals surface area contributed by atoms with Crippen LogP contribution in [0.5, 0.6) is 5.75 Å². The minimum absolute atomic E-state index is 0.00743. The number of benzene rings is 2. The summed E-state index contributed by atoms with van der Waals surface area (Å²) >= 11 is 0. The van der Waals surface area contributed by atoms with E-state index < -0.39 is 11.7 Å². The number of nitrogens with zero attached hydrogens (tertiary/aromatic N) is 1. The van der Waals surface area contributed by atoms with Crippen LogP contribution in [0, 0.1) is 0 Å². The Bertz CT molecular complexity index is 883. The molecule has 0 aliphatic carbocycles. The molecule has 3 rings (SSSR count). The number of hydrogen-bond acceptors (Lipinski definition) is 3. The molecule has 0 N–H and O–H groups in total. The van der Waals surface area contributed by atoms with Gasteiger partial charge in [0.1, 0.15) is 12.4 Å². The second kappa shape index (κ2) is 9.34. The zero-order valence-corrected chi connectivity index (χ0v) is 16.9. The molecule has 1 amide bonds. The number of carbonyl (C=O) groups is 1. The van der Waals surface area contributed by atoms with Crippen molar-refractivity contribution >= 4 is 12.0 Å². The largest absolute Gasteiger partial charge is 0.489 e. The summed E-state index contributed by atoms with van der Waals surface area (Å²) in [6.45, 7) is 5.15. The lowest BCUT2D eigenvalue weighted by molar-refractivity contribution is -0.138. The Morgan fingerprint density at radius 2 is 1.80 bits per heavy atom. The predicted octanol–water partition coefficient (Wildman–Crippen LogP) is 4.93. The molecule has 30 heavy (non-hydrogen) atoms. The van der Waals surface area contributed by atoms with Gasteiger partial charge in [0.15, 0.2) is 0 Å². The molecule has 2 atom stereocenters. The van der Waals surface area contributed by atoms with Crippen molar-refractivity contribution in [1.82, 2.24) is 4.90 Å². The molecule has 0 bridgehead atoms. The van der Waals surface area contributed by atoms with Crippen LogP contribution >= 0.6 is 0 Å². The Kier molecular flexibility index (Phi) is 6.82. The van der Waals surface area contributed by atoms with E-state index in [9.17, 15) is 18.0 Å². The Balaban J connectivity index is 1.58. The standard InChI is InChI=1S/C23H24F3NO3/c1-16-13-27(14-17(2)30-16)22(28)11-8-18-4-3-5-21(12-18)29-15-19-6-9-20(10-7-19)23(24,25)26/h3-12,16-17H,13-15H2,1-2H3/b11-8+. The molecule has 0 spiro atoms. The summed E-state index contributed by atoms with van der Waals surface area (Å²) in [5.74, 6) is 0.492. The van der Waals surface area contributed by atoms with Crippen molar-refractivity contribution in [2.45, 2.75) is 38.8 Å². The van der Waals surface area contributed by atoms with E-state index in [-0.39, 0.29) is 24.7 Å². The van der Waals surface area contributed by atoms with Gasteiger partial charge >= 0.3 is 6.18 Å². The first-order valence-corrected chi connectivity index (χ1v) is 9.72. The second-order valence-corrected chi connectivity index (χ2v) is 7.39. The van der Waals surface area contributed by atoms with E-state index in [4.69, 9.17) is 9.47 Å². The van der Waals surface area contributed by atoms with Gasteiger partial charge in [-0.25, -0.2) is 0 Å². The molecule has 0 radical (unpaired) electrons. The van der Waals surface area contributed by atoms with Crippen LogP contribution in [0.2, 0.25) is 0 Å². The normalized spacial score (nSPS) is 19.8. The van der Waals surface area contributed by atoms with E-state index in [1.165, 1.54) is 18.2 Å². The summed E-state index contributed by atoms with van der Waals surface area (Å²) in [6, 6.07) is 12.1. The highest BCUT2D eigenvalue weighted by Crippen LogP contribution is 2.29. The molecule has 160 valence electrons. The van der Waals surface area contributed by atoms with Crippen LogP contribution in [-0.4, -0.2) is 36.1 Å². The van der Waals surface area contributed by atoms with Gasteiger partial charge in [0.25, 0.3) is 0 Å². The summed E-state index contributed by atoms with van der Waals surface area (Å²) in [5, 5.41) is 0. The highest BCUT2D eigenvalue weighted by molar-refractivity contribution is 5.91. The number of rotatable bonds is 5. The average Bonchev–Trinajstić information content (AvgIpc) is 2.70. The van der Waals surface area contributed by atoms with Crippen LogP contribution in [0.3, 0.4) is 0 Å². The van der Waals surface area contributed by atoms with E-state index in [0.717, 1.165) is 17.7 Å². The Labute approximate surface area is 173 Å². The van der Waals surface area contributed by atoms with Crippen molar-refractivity contribution in [3.8, 4) is 5.75 Å². The van der Waals surface area contributed by atoms with Crippen molar-refractivity contribution in [3.63, 3.8) is 0 Å². The summed E-state index contributed by atoms with van der Waals surface area (Å²) in [6.07, 6.45) is -1.09. The Morgan fingerprint density at radius 3 is 2.43 bits per heavy atom. The quantitative estimate of drug-likeness (QED) is 0.645. The van der Waals surface area contributed by atoms with Gasteiger partial charge in [0, 0.05) is 19.2 Å². The highest BCUT2D eigenvalue weighted by Gasteiger charge is 2.30. The smallest absolute Gasteiger partial charge is 0.416 e. The van der Waals surface area contributed by atoms with Crippen molar-refractivity contribution in [1.29, 1.82) is 0 Å². The fourth-order valence-corrected chi connectivity index (χ4v) is 3.30. The summed E-state index contributed by atoms with van der Waals surface area (Å²) in [5.41, 5.74) is 0.740. The number of hydrogen-bond donors (Lipinski definition) is 0. The number of ether oxygens (including phenoxy) is 2. The zero-order chi connectivity index (χ0) is 21.7.